The fourth-order valence-electron chi connectivity index (χ4n) is 4.00. The first-order chi connectivity index (χ1) is 15.2. The first-order valence-electron chi connectivity index (χ1n) is 10.2. The summed E-state index contributed by atoms with van der Waals surface area (Å²) in [6, 6.07) is 16.7. The lowest BCUT2D eigenvalue weighted by Gasteiger charge is -2.20. The summed E-state index contributed by atoms with van der Waals surface area (Å²) in [5.74, 6) is -0.563. The molecule has 5 nitrogen and oxygen atoms in total. The minimum atomic E-state index is -0.236. The number of aromatic hydroxyl groups is 5. The summed E-state index contributed by atoms with van der Waals surface area (Å²) in [7, 11) is 0. The Kier molecular flexibility index (Phi) is 5.18. The number of hydrogen-bond acceptors (Lipinski definition) is 5. The van der Waals surface area contributed by atoms with Crippen LogP contribution in [0.2, 0.25) is 0 Å². The normalized spacial score (nSPS) is 11.0. The van der Waals surface area contributed by atoms with Gasteiger partial charge in [0.25, 0.3) is 0 Å². The molecule has 5 N–H and O–H groups in total. The number of rotatable bonds is 3. The highest BCUT2D eigenvalue weighted by Crippen LogP contribution is 2.54. The van der Waals surface area contributed by atoms with Crippen molar-refractivity contribution < 1.29 is 25.5 Å². The van der Waals surface area contributed by atoms with Crippen LogP contribution in [0.4, 0.5) is 0 Å². The Morgan fingerprint density at radius 3 is 1.34 bits per heavy atom. The van der Waals surface area contributed by atoms with Gasteiger partial charge in [0.2, 0.25) is 0 Å². The van der Waals surface area contributed by atoms with E-state index in [0.717, 1.165) is 0 Å². The number of para-hydroxylation sites is 3. The molecule has 4 rings (SSSR count). The zero-order valence-electron chi connectivity index (χ0n) is 18.0. The monoisotopic (exact) mass is 428 g/mol. The van der Waals surface area contributed by atoms with E-state index in [4.69, 9.17) is 0 Å². The highest BCUT2D eigenvalue weighted by atomic mass is 16.3. The van der Waals surface area contributed by atoms with E-state index in [1.165, 1.54) is 6.07 Å². The fourth-order valence-corrected chi connectivity index (χ4v) is 4.00. The van der Waals surface area contributed by atoms with Crippen LogP contribution >= 0.6 is 0 Å². The van der Waals surface area contributed by atoms with Crippen molar-refractivity contribution in [3.8, 4) is 62.1 Å². The molecule has 4 aromatic rings. The minimum Gasteiger partial charge on any atom is -0.507 e. The third-order valence-electron chi connectivity index (χ3n) is 5.82. The molecule has 0 saturated carbocycles. The summed E-state index contributed by atoms with van der Waals surface area (Å²) < 4.78 is 0. The molecule has 32 heavy (non-hydrogen) atoms. The molecule has 0 atom stereocenters. The van der Waals surface area contributed by atoms with Crippen molar-refractivity contribution >= 4 is 0 Å². The van der Waals surface area contributed by atoms with E-state index in [1.807, 2.05) is 0 Å². The number of phenolic OH excluding ortho intramolecular Hbond substituents is 5. The van der Waals surface area contributed by atoms with Crippen LogP contribution in [0.5, 0.6) is 28.7 Å². The Labute approximate surface area is 186 Å². The molecule has 5 heteroatoms. The molecule has 0 aromatic heterocycles. The highest BCUT2D eigenvalue weighted by Gasteiger charge is 2.26. The van der Waals surface area contributed by atoms with Crippen LogP contribution < -0.4 is 0 Å². The maximum absolute atomic E-state index is 11.4. The van der Waals surface area contributed by atoms with Crippen molar-refractivity contribution in [3.63, 3.8) is 0 Å². The van der Waals surface area contributed by atoms with Crippen LogP contribution in [0, 0.1) is 20.8 Å². The summed E-state index contributed by atoms with van der Waals surface area (Å²) in [6.07, 6.45) is 0. The number of aryl methyl sites for hydroxylation is 3. The van der Waals surface area contributed by atoms with Gasteiger partial charge in [-0.3, -0.25) is 0 Å². The van der Waals surface area contributed by atoms with E-state index in [9.17, 15) is 25.5 Å². The number of benzene rings is 4. The van der Waals surface area contributed by atoms with Crippen LogP contribution in [-0.4, -0.2) is 25.5 Å². The van der Waals surface area contributed by atoms with Crippen molar-refractivity contribution in [2.24, 2.45) is 0 Å². The summed E-state index contributed by atoms with van der Waals surface area (Å²) >= 11 is 0. The maximum atomic E-state index is 11.4. The largest absolute Gasteiger partial charge is 0.507 e. The summed E-state index contributed by atoms with van der Waals surface area (Å²) in [6.45, 7) is 5.21. The summed E-state index contributed by atoms with van der Waals surface area (Å²) in [5.41, 5.74) is 3.29. The van der Waals surface area contributed by atoms with Gasteiger partial charge in [-0.15, -0.1) is 0 Å². The molecule has 0 radical (unpaired) electrons. The zero-order chi connectivity index (χ0) is 23.2. The molecule has 0 aliphatic carbocycles. The Hall–Kier alpha value is -4.12. The SMILES string of the molecule is Cc1cccc(-c2cc(O)c(-c3cccc(C)c3O)c(-c3cccc(C)c3O)c2O)c1O. The van der Waals surface area contributed by atoms with Gasteiger partial charge in [0.15, 0.2) is 0 Å². The molecule has 4 aromatic carbocycles. The van der Waals surface area contributed by atoms with Crippen molar-refractivity contribution in [1.82, 2.24) is 0 Å². The van der Waals surface area contributed by atoms with E-state index in [2.05, 4.69) is 0 Å². The van der Waals surface area contributed by atoms with Gasteiger partial charge in [0, 0.05) is 33.4 Å². The van der Waals surface area contributed by atoms with E-state index in [-0.39, 0.29) is 45.4 Å². The lowest BCUT2D eigenvalue weighted by Crippen LogP contribution is -1.94. The van der Waals surface area contributed by atoms with Gasteiger partial charge in [-0.25, -0.2) is 0 Å². The lowest BCUT2D eigenvalue weighted by atomic mass is 9.86. The molecule has 0 fully saturated rings. The molecule has 0 heterocycles. The molecular formula is C27H24O5. The molecular weight excluding hydrogens is 404 g/mol. The van der Waals surface area contributed by atoms with E-state index in [0.29, 0.717) is 33.4 Å². The average Bonchev–Trinajstić information content (AvgIpc) is 2.76. The molecule has 0 spiro atoms. The second kappa shape index (κ2) is 7.85. The van der Waals surface area contributed by atoms with Crippen LogP contribution in [0.15, 0.2) is 60.7 Å². The van der Waals surface area contributed by atoms with E-state index < -0.39 is 0 Å². The molecule has 0 saturated heterocycles. The second-order valence-electron chi connectivity index (χ2n) is 7.96. The Bertz CT molecular complexity index is 1350. The zero-order valence-corrected chi connectivity index (χ0v) is 18.0. The Morgan fingerprint density at radius 2 is 0.844 bits per heavy atom. The average molecular weight is 428 g/mol. The topological polar surface area (TPSA) is 101 Å². The van der Waals surface area contributed by atoms with Gasteiger partial charge in [-0.2, -0.15) is 0 Å². The molecule has 0 amide bonds. The molecule has 0 aliphatic rings. The second-order valence-corrected chi connectivity index (χ2v) is 7.96. The van der Waals surface area contributed by atoms with Gasteiger partial charge in [0.05, 0.1) is 0 Å². The van der Waals surface area contributed by atoms with Gasteiger partial charge < -0.3 is 25.5 Å². The van der Waals surface area contributed by atoms with Gasteiger partial charge in [-0.1, -0.05) is 54.6 Å². The Balaban J connectivity index is 2.17. The molecule has 0 aliphatic heterocycles. The number of hydrogen-bond donors (Lipinski definition) is 5. The third kappa shape index (κ3) is 3.28. The van der Waals surface area contributed by atoms with Gasteiger partial charge in [-0.05, 0) is 43.5 Å². The first-order valence-corrected chi connectivity index (χ1v) is 10.2. The molecule has 162 valence electrons. The predicted octanol–water partition coefficient (Wildman–Crippen LogP) is 6.14. The van der Waals surface area contributed by atoms with E-state index in [1.54, 1.807) is 75.4 Å². The van der Waals surface area contributed by atoms with Gasteiger partial charge in [0.1, 0.15) is 28.7 Å². The molecule has 0 unspecified atom stereocenters. The lowest BCUT2D eigenvalue weighted by molar-refractivity contribution is 0.456. The highest BCUT2D eigenvalue weighted by molar-refractivity contribution is 6.00. The van der Waals surface area contributed by atoms with Crippen molar-refractivity contribution in [3.05, 3.63) is 77.4 Å². The number of phenols is 5. The summed E-state index contributed by atoms with van der Waals surface area (Å²) in [5, 5.41) is 54.7. The van der Waals surface area contributed by atoms with Crippen LogP contribution in [0.25, 0.3) is 33.4 Å². The maximum Gasteiger partial charge on any atom is 0.132 e. The minimum absolute atomic E-state index is 0.0206. The van der Waals surface area contributed by atoms with Crippen molar-refractivity contribution in [2.45, 2.75) is 20.8 Å². The van der Waals surface area contributed by atoms with Crippen molar-refractivity contribution in [1.29, 1.82) is 0 Å². The van der Waals surface area contributed by atoms with Crippen molar-refractivity contribution in [2.75, 3.05) is 0 Å². The van der Waals surface area contributed by atoms with Crippen LogP contribution in [-0.2, 0) is 0 Å². The van der Waals surface area contributed by atoms with Gasteiger partial charge >= 0.3 is 0 Å². The quantitative estimate of drug-likeness (QED) is 0.252. The Morgan fingerprint density at radius 1 is 0.438 bits per heavy atom. The van der Waals surface area contributed by atoms with Crippen LogP contribution in [0.3, 0.4) is 0 Å². The van der Waals surface area contributed by atoms with Crippen LogP contribution in [0.1, 0.15) is 16.7 Å². The smallest absolute Gasteiger partial charge is 0.132 e. The predicted molar refractivity (Wildman–Crippen MR) is 125 cm³/mol. The fraction of sp³-hybridized carbons (Fsp3) is 0.111. The summed E-state index contributed by atoms with van der Waals surface area (Å²) in [4.78, 5) is 0. The molecule has 0 bridgehead atoms. The first kappa shape index (κ1) is 21.1. The third-order valence-corrected chi connectivity index (χ3v) is 5.82. The van der Waals surface area contributed by atoms with E-state index >= 15 is 0 Å². The standard InChI is InChI=1S/C27H24O5/c1-14-7-4-10-17(24(14)29)20-13-21(28)22(18-11-5-8-15(2)25(18)30)23(27(20)32)19-12-6-9-16(3)26(19)31/h4-13,28-32H,1-3H3.